The van der Waals surface area contributed by atoms with Gasteiger partial charge in [0.2, 0.25) is 5.91 Å². The van der Waals surface area contributed by atoms with Crippen LogP contribution in [0.1, 0.15) is 24.8 Å². The van der Waals surface area contributed by atoms with Crippen molar-refractivity contribution in [1.29, 1.82) is 0 Å². The number of piperidine rings is 1. The standard InChI is InChI=1S/C33H30FN7O2/c1-18-8-29-26(14-25(18)21-11-23(17-36-16-21)38-31(43)9-19-2-5-35-6-3-19)33(41-40-29)30-15-27-28(39-30)4-7-37-32(27)20-10-22(34)13-24(42)12-20/h4,7-8,10-17,19,35,39,42H,2-3,5-6,9H2,1H3,(H,38,43)(H,40,41). The van der Waals surface area contributed by atoms with Gasteiger partial charge >= 0.3 is 0 Å². The number of amides is 1. The number of benzene rings is 2. The summed E-state index contributed by atoms with van der Waals surface area (Å²) in [6.07, 6.45) is 7.66. The number of H-pyrrole nitrogens is 2. The molecule has 0 atom stereocenters. The van der Waals surface area contributed by atoms with Crippen molar-refractivity contribution in [2.45, 2.75) is 26.2 Å². The van der Waals surface area contributed by atoms with Crippen LogP contribution < -0.4 is 10.6 Å². The molecule has 6 aromatic rings. The molecule has 0 aliphatic carbocycles. The lowest BCUT2D eigenvalue weighted by molar-refractivity contribution is -0.117. The molecule has 0 spiro atoms. The van der Waals surface area contributed by atoms with Crippen LogP contribution in [-0.4, -0.2) is 49.3 Å². The normalized spacial score (nSPS) is 14.0. The van der Waals surface area contributed by atoms with Gasteiger partial charge in [0.25, 0.3) is 0 Å². The molecule has 2 aromatic carbocycles. The fraction of sp³-hybridized carbons (Fsp3) is 0.212. The Morgan fingerprint density at radius 1 is 1.00 bits per heavy atom. The van der Waals surface area contributed by atoms with Gasteiger partial charge in [-0.25, -0.2) is 4.39 Å². The summed E-state index contributed by atoms with van der Waals surface area (Å²) in [6.45, 7) is 3.95. The molecule has 7 rings (SSSR count). The fourth-order valence-electron chi connectivity index (χ4n) is 6.03. The molecule has 0 radical (unpaired) electrons. The zero-order chi connectivity index (χ0) is 29.5. The number of carbonyl (C=O) groups excluding carboxylic acids is 1. The number of hydrogen-bond acceptors (Lipinski definition) is 6. The maximum atomic E-state index is 14.1. The number of aromatic hydroxyl groups is 1. The summed E-state index contributed by atoms with van der Waals surface area (Å²) in [5.74, 6) is -0.286. The second kappa shape index (κ2) is 11.0. The van der Waals surface area contributed by atoms with E-state index in [4.69, 9.17) is 0 Å². The number of fused-ring (bicyclic) bond motifs is 2. The summed E-state index contributed by atoms with van der Waals surface area (Å²) in [5, 5.41) is 25.8. The Morgan fingerprint density at radius 3 is 2.67 bits per heavy atom. The van der Waals surface area contributed by atoms with Crippen LogP contribution in [0.4, 0.5) is 10.1 Å². The van der Waals surface area contributed by atoms with Gasteiger partial charge in [-0.1, -0.05) is 0 Å². The molecular formula is C33H30FN7O2. The maximum Gasteiger partial charge on any atom is 0.224 e. The third kappa shape index (κ3) is 5.32. The smallest absolute Gasteiger partial charge is 0.224 e. The molecule has 9 nitrogen and oxygen atoms in total. The summed E-state index contributed by atoms with van der Waals surface area (Å²) >= 11 is 0. The SMILES string of the molecule is Cc1cc2[nH]nc(-c3cc4c(-c5cc(O)cc(F)c5)nccc4[nH]3)c2cc1-c1cncc(NC(=O)CC2CCNCC2)c1. The van der Waals surface area contributed by atoms with Gasteiger partial charge in [0.15, 0.2) is 0 Å². The Hall–Kier alpha value is -5.09. The average Bonchev–Trinajstić information content (AvgIpc) is 3.60. The number of phenolic OH excluding ortho intramolecular Hbond substituents is 1. The first-order valence-corrected chi connectivity index (χ1v) is 14.3. The summed E-state index contributed by atoms with van der Waals surface area (Å²) in [7, 11) is 0. The van der Waals surface area contributed by atoms with E-state index in [-0.39, 0.29) is 11.7 Å². The van der Waals surface area contributed by atoms with Crippen LogP contribution >= 0.6 is 0 Å². The Kier molecular flexibility index (Phi) is 6.83. The highest BCUT2D eigenvalue weighted by Crippen LogP contribution is 2.36. The Bertz CT molecular complexity index is 1970. The molecule has 0 unspecified atom stereocenters. The Balaban J connectivity index is 1.22. The largest absolute Gasteiger partial charge is 0.508 e. The number of hydrogen-bond donors (Lipinski definition) is 5. The van der Waals surface area contributed by atoms with Crippen molar-refractivity contribution >= 4 is 33.4 Å². The first-order chi connectivity index (χ1) is 20.9. The number of aryl methyl sites for hydroxylation is 1. The molecule has 5 heterocycles. The number of carbonyl (C=O) groups is 1. The zero-order valence-corrected chi connectivity index (χ0v) is 23.5. The van der Waals surface area contributed by atoms with Crippen LogP contribution in [0.25, 0.3) is 55.6 Å². The molecule has 0 saturated carbocycles. The van der Waals surface area contributed by atoms with E-state index in [0.29, 0.717) is 29.3 Å². The van der Waals surface area contributed by atoms with Crippen LogP contribution in [0.15, 0.2) is 67.1 Å². The number of nitrogens with zero attached hydrogens (tertiary/aromatic N) is 3. The lowest BCUT2D eigenvalue weighted by Crippen LogP contribution is -2.30. The van der Waals surface area contributed by atoms with Gasteiger partial charge < -0.3 is 20.7 Å². The van der Waals surface area contributed by atoms with E-state index in [1.807, 2.05) is 25.1 Å². The molecule has 1 amide bonds. The van der Waals surface area contributed by atoms with Gasteiger partial charge in [0.1, 0.15) is 17.3 Å². The molecule has 5 N–H and O–H groups in total. The number of phenols is 1. The molecule has 216 valence electrons. The van der Waals surface area contributed by atoms with E-state index in [9.17, 15) is 14.3 Å². The molecule has 0 bridgehead atoms. The summed E-state index contributed by atoms with van der Waals surface area (Å²) in [4.78, 5) is 25.1. The maximum absolute atomic E-state index is 14.1. The van der Waals surface area contributed by atoms with Gasteiger partial charge in [-0.2, -0.15) is 5.10 Å². The number of halogens is 1. The highest BCUT2D eigenvalue weighted by atomic mass is 19.1. The Morgan fingerprint density at radius 2 is 1.84 bits per heavy atom. The zero-order valence-electron chi connectivity index (χ0n) is 23.5. The number of aromatic nitrogens is 5. The molecule has 1 fully saturated rings. The van der Waals surface area contributed by atoms with E-state index in [1.165, 1.54) is 12.1 Å². The van der Waals surface area contributed by atoms with Crippen molar-refractivity contribution in [2.75, 3.05) is 18.4 Å². The number of aromatic amines is 2. The number of nitrogens with one attached hydrogen (secondary N) is 4. The van der Waals surface area contributed by atoms with E-state index >= 15 is 0 Å². The highest BCUT2D eigenvalue weighted by Gasteiger charge is 2.19. The Labute approximate surface area is 246 Å². The second-order valence-corrected chi connectivity index (χ2v) is 11.2. The van der Waals surface area contributed by atoms with E-state index in [1.54, 1.807) is 18.6 Å². The quantitative estimate of drug-likeness (QED) is 0.158. The van der Waals surface area contributed by atoms with Crippen LogP contribution in [0.2, 0.25) is 0 Å². The molecule has 10 heteroatoms. The first kappa shape index (κ1) is 26.8. The van der Waals surface area contributed by atoms with Crippen molar-refractivity contribution in [1.82, 2.24) is 30.5 Å². The summed E-state index contributed by atoms with van der Waals surface area (Å²) in [5.41, 5.74) is 7.78. The van der Waals surface area contributed by atoms with Gasteiger partial charge in [0, 0.05) is 52.3 Å². The first-order valence-electron chi connectivity index (χ1n) is 14.3. The van der Waals surface area contributed by atoms with Gasteiger partial charge in [-0.05, 0) is 92.4 Å². The van der Waals surface area contributed by atoms with Crippen LogP contribution in [0, 0.1) is 18.7 Å². The van der Waals surface area contributed by atoms with E-state index < -0.39 is 5.82 Å². The van der Waals surface area contributed by atoms with Crippen molar-refractivity contribution < 1.29 is 14.3 Å². The summed E-state index contributed by atoms with van der Waals surface area (Å²) < 4.78 is 14.1. The van der Waals surface area contributed by atoms with Gasteiger partial charge in [-0.3, -0.25) is 19.9 Å². The minimum Gasteiger partial charge on any atom is -0.508 e. The van der Waals surface area contributed by atoms with Gasteiger partial charge in [0.05, 0.1) is 28.8 Å². The predicted octanol–water partition coefficient (Wildman–Crippen LogP) is 6.32. The topological polar surface area (TPSA) is 132 Å². The number of rotatable bonds is 6. The fourth-order valence-corrected chi connectivity index (χ4v) is 6.03. The van der Waals surface area contributed by atoms with Gasteiger partial charge in [-0.15, -0.1) is 0 Å². The molecule has 1 aliphatic heterocycles. The van der Waals surface area contributed by atoms with Crippen LogP contribution in [0.3, 0.4) is 0 Å². The third-order valence-corrected chi connectivity index (χ3v) is 8.13. The minimum atomic E-state index is -0.536. The molecular weight excluding hydrogens is 545 g/mol. The minimum absolute atomic E-state index is 0.0104. The molecule has 4 aromatic heterocycles. The molecule has 1 aliphatic rings. The van der Waals surface area contributed by atoms with Crippen LogP contribution in [0.5, 0.6) is 5.75 Å². The van der Waals surface area contributed by atoms with Crippen molar-refractivity contribution in [3.63, 3.8) is 0 Å². The van der Waals surface area contributed by atoms with Crippen molar-refractivity contribution in [3.05, 3.63) is 78.5 Å². The van der Waals surface area contributed by atoms with Crippen molar-refractivity contribution in [3.8, 4) is 39.5 Å². The van der Waals surface area contributed by atoms with Crippen LogP contribution in [-0.2, 0) is 4.79 Å². The lowest BCUT2D eigenvalue weighted by atomic mass is 9.94. The number of pyridine rings is 2. The predicted molar refractivity (Wildman–Crippen MR) is 165 cm³/mol. The van der Waals surface area contributed by atoms with Crippen molar-refractivity contribution in [2.24, 2.45) is 5.92 Å². The summed E-state index contributed by atoms with van der Waals surface area (Å²) in [6, 6.07) is 13.8. The number of anilines is 1. The third-order valence-electron chi connectivity index (χ3n) is 8.13. The van der Waals surface area contributed by atoms with E-state index in [2.05, 4.69) is 47.9 Å². The average molecular weight is 576 g/mol. The highest BCUT2D eigenvalue weighted by molar-refractivity contribution is 6.01. The molecule has 1 saturated heterocycles. The lowest BCUT2D eigenvalue weighted by Gasteiger charge is -2.21. The second-order valence-electron chi connectivity index (χ2n) is 11.2. The monoisotopic (exact) mass is 575 g/mol. The molecule has 43 heavy (non-hydrogen) atoms. The van der Waals surface area contributed by atoms with E-state index in [0.717, 1.165) is 81.9 Å².